The fourth-order valence-electron chi connectivity index (χ4n) is 2.46. The lowest BCUT2D eigenvalue weighted by molar-refractivity contribution is -0.126. The third kappa shape index (κ3) is 4.51. The van der Waals surface area contributed by atoms with Crippen molar-refractivity contribution in [1.82, 2.24) is 14.5 Å². The zero-order valence-electron chi connectivity index (χ0n) is 13.4. The first-order valence-corrected chi connectivity index (χ1v) is 9.83. The van der Waals surface area contributed by atoms with Gasteiger partial charge in [0.25, 0.3) is 10.0 Å². The maximum Gasteiger partial charge on any atom is 0.252 e. The van der Waals surface area contributed by atoms with Crippen LogP contribution >= 0.6 is 11.3 Å². The van der Waals surface area contributed by atoms with E-state index in [0.29, 0.717) is 43.5 Å². The molecule has 1 fully saturated rings. The molecule has 9 heteroatoms. The lowest BCUT2D eigenvalue weighted by Crippen LogP contribution is -2.55. The number of carbonyl (C=O) groups is 1. The third-order valence-electron chi connectivity index (χ3n) is 3.90. The van der Waals surface area contributed by atoms with Gasteiger partial charge in [0.1, 0.15) is 4.21 Å². The maximum atomic E-state index is 12.5. The van der Waals surface area contributed by atoms with E-state index in [1.807, 2.05) is 11.8 Å². The van der Waals surface area contributed by atoms with Gasteiger partial charge in [-0.05, 0) is 18.4 Å². The molecule has 2 heterocycles. The predicted octanol–water partition coefficient (Wildman–Crippen LogP) is 0.206. The predicted molar refractivity (Wildman–Crippen MR) is 89.0 cm³/mol. The van der Waals surface area contributed by atoms with Crippen LogP contribution in [0.4, 0.5) is 0 Å². The van der Waals surface area contributed by atoms with E-state index < -0.39 is 10.0 Å². The van der Waals surface area contributed by atoms with Gasteiger partial charge in [0.2, 0.25) is 5.91 Å². The molecular formula is C14H23N3O4S2. The molecule has 0 saturated carbocycles. The highest BCUT2D eigenvalue weighted by molar-refractivity contribution is 7.91. The number of sulfonamides is 1. The van der Waals surface area contributed by atoms with Crippen molar-refractivity contribution in [1.29, 1.82) is 0 Å². The van der Waals surface area contributed by atoms with Crippen LogP contribution in [0.2, 0.25) is 0 Å². The minimum atomic E-state index is -3.40. The molecule has 0 aromatic carbocycles. The van der Waals surface area contributed by atoms with Gasteiger partial charge in [-0.1, -0.05) is 6.07 Å². The van der Waals surface area contributed by atoms with Crippen LogP contribution in [0, 0.1) is 0 Å². The number of ether oxygens (including phenoxy) is 1. The Labute approximate surface area is 141 Å². The maximum absolute atomic E-state index is 12.5. The summed E-state index contributed by atoms with van der Waals surface area (Å²) in [4.78, 5) is 14.0. The molecule has 0 spiro atoms. The van der Waals surface area contributed by atoms with Crippen molar-refractivity contribution in [3.05, 3.63) is 17.5 Å². The van der Waals surface area contributed by atoms with Gasteiger partial charge < -0.3 is 10.1 Å². The standard InChI is InChI=1S/C14H23N3O4S2/c1-12(14(18)15-5-10-21-2)16-6-8-17(9-7-16)23(19,20)13-4-3-11-22-13/h3-4,11-12H,5-10H2,1-2H3,(H,15,18)/t12-/m1/s1. The summed E-state index contributed by atoms with van der Waals surface area (Å²) in [5.41, 5.74) is 0. The smallest absolute Gasteiger partial charge is 0.252 e. The van der Waals surface area contributed by atoms with Crippen molar-refractivity contribution in [2.75, 3.05) is 46.4 Å². The van der Waals surface area contributed by atoms with Crippen molar-refractivity contribution in [3.63, 3.8) is 0 Å². The summed E-state index contributed by atoms with van der Waals surface area (Å²) < 4.78 is 31.7. The van der Waals surface area contributed by atoms with E-state index in [0.717, 1.165) is 0 Å². The summed E-state index contributed by atoms with van der Waals surface area (Å²) in [7, 11) is -1.81. The second-order valence-electron chi connectivity index (χ2n) is 5.33. The van der Waals surface area contributed by atoms with Crippen LogP contribution < -0.4 is 5.32 Å². The number of hydrogen-bond acceptors (Lipinski definition) is 6. The summed E-state index contributed by atoms with van der Waals surface area (Å²) >= 11 is 1.23. The monoisotopic (exact) mass is 361 g/mol. The highest BCUT2D eigenvalue weighted by Gasteiger charge is 2.32. The molecule has 0 radical (unpaired) electrons. The van der Waals surface area contributed by atoms with E-state index in [1.165, 1.54) is 15.6 Å². The van der Waals surface area contributed by atoms with Crippen LogP contribution in [0.15, 0.2) is 21.7 Å². The molecule has 130 valence electrons. The van der Waals surface area contributed by atoms with Gasteiger partial charge in [-0.3, -0.25) is 9.69 Å². The van der Waals surface area contributed by atoms with Crippen molar-refractivity contribution in [2.24, 2.45) is 0 Å². The Balaban J connectivity index is 1.87. The average Bonchev–Trinajstić information content (AvgIpc) is 3.09. The number of carbonyl (C=O) groups excluding carboxylic acids is 1. The van der Waals surface area contributed by atoms with Gasteiger partial charge in [-0.2, -0.15) is 4.31 Å². The van der Waals surface area contributed by atoms with E-state index in [2.05, 4.69) is 5.32 Å². The number of thiophene rings is 1. The number of piperazine rings is 1. The van der Waals surface area contributed by atoms with Gasteiger partial charge in [0, 0.05) is 39.8 Å². The second-order valence-corrected chi connectivity index (χ2v) is 8.44. The Morgan fingerprint density at radius 2 is 2.09 bits per heavy atom. The molecule has 0 bridgehead atoms. The lowest BCUT2D eigenvalue weighted by atomic mass is 10.2. The molecule has 1 aliphatic heterocycles. The number of nitrogens with zero attached hydrogens (tertiary/aromatic N) is 2. The number of rotatable bonds is 7. The SMILES string of the molecule is COCCNC(=O)[C@@H](C)N1CCN(S(=O)(=O)c2cccs2)CC1. The fraction of sp³-hybridized carbons (Fsp3) is 0.643. The normalized spacial score (nSPS) is 18.7. The first-order chi connectivity index (χ1) is 11.0. The van der Waals surface area contributed by atoms with E-state index in [9.17, 15) is 13.2 Å². The Kier molecular flexibility index (Phi) is 6.54. The summed E-state index contributed by atoms with van der Waals surface area (Å²) in [6.45, 7) is 4.68. The Bertz CT molecular complexity index is 596. The molecule has 1 aromatic heterocycles. The molecule has 0 unspecified atom stereocenters. The van der Waals surface area contributed by atoms with Crippen molar-refractivity contribution in [3.8, 4) is 0 Å². The minimum absolute atomic E-state index is 0.0587. The first kappa shape index (κ1) is 18.3. The molecule has 1 saturated heterocycles. The quantitative estimate of drug-likeness (QED) is 0.702. The van der Waals surface area contributed by atoms with E-state index in [-0.39, 0.29) is 11.9 Å². The van der Waals surface area contributed by atoms with Crippen LogP contribution in [0.25, 0.3) is 0 Å². The lowest BCUT2D eigenvalue weighted by Gasteiger charge is -2.36. The first-order valence-electron chi connectivity index (χ1n) is 7.51. The zero-order chi connectivity index (χ0) is 16.9. The van der Waals surface area contributed by atoms with Gasteiger partial charge in [-0.25, -0.2) is 8.42 Å². The molecule has 1 aliphatic rings. The number of amides is 1. The summed E-state index contributed by atoms with van der Waals surface area (Å²) in [6.07, 6.45) is 0. The van der Waals surface area contributed by atoms with E-state index in [1.54, 1.807) is 24.6 Å². The van der Waals surface area contributed by atoms with Gasteiger partial charge in [0.05, 0.1) is 12.6 Å². The van der Waals surface area contributed by atoms with Crippen molar-refractivity contribution in [2.45, 2.75) is 17.2 Å². The van der Waals surface area contributed by atoms with Crippen molar-refractivity contribution >= 4 is 27.3 Å². The third-order valence-corrected chi connectivity index (χ3v) is 7.17. The molecule has 1 atom stereocenters. The summed E-state index contributed by atoms with van der Waals surface area (Å²) in [6, 6.07) is 3.08. The Hall–Kier alpha value is -1.00. The highest BCUT2D eigenvalue weighted by atomic mass is 32.2. The number of nitrogens with one attached hydrogen (secondary N) is 1. The second kappa shape index (κ2) is 8.20. The van der Waals surface area contributed by atoms with Gasteiger partial charge >= 0.3 is 0 Å². The molecule has 7 nitrogen and oxygen atoms in total. The largest absolute Gasteiger partial charge is 0.383 e. The fourth-order valence-corrected chi connectivity index (χ4v) is 5.03. The molecule has 1 aromatic rings. The van der Waals surface area contributed by atoms with Crippen LogP contribution in [0.3, 0.4) is 0 Å². The van der Waals surface area contributed by atoms with Gasteiger partial charge in [-0.15, -0.1) is 11.3 Å². The topological polar surface area (TPSA) is 79.0 Å². The number of methoxy groups -OCH3 is 1. The Morgan fingerprint density at radius 1 is 1.39 bits per heavy atom. The van der Waals surface area contributed by atoms with Crippen LogP contribution in [-0.2, 0) is 19.6 Å². The van der Waals surface area contributed by atoms with Crippen molar-refractivity contribution < 1.29 is 17.9 Å². The molecular weight excluding hydrogens is 338 g/mol. The van der Waals surface area contributed by atoms with Gasteiger partial charge in [0.15, 0.2) is 0 Å². The highest BCUT2D eigenvalue weighted by Crippen LogP contribution is 2.22. The van der Waals surface area contributed by atoms with Crippen LogP contribution in [0.5, 0.6) is 0 Å². The summed E-state index contributed by atoms with van der Waals surface area (Å²) in [5.74, 6) is -0.0587. The summed E-state index contributed by atoms with van der Waals surface area (Å²) in [5, 5.41) is 4.57. The average molecular weight is 361 g/mol. The number of hydrogen-bond donors (Lipinski definition) is 1. The zero-order valence-corrected chi connectivity index (χ0v) is 15.0. The molecule has 0 aliphatic carbocycles. The molecule has 1 amide bonds. The Morgan fingerprint density at radius 3 is 2.65 bits per heavy atom. The molecule has 1 N–H and O–H groups in total. The molecule has 23 heavy (non-hydrogen) atoms. The van der Waals surface area contributed by atoms with Crippen LogP contribution in [-0.4, -0.2) is 76.0 Å². The van der Waals surface area contributed by atoms with Crippen LogP contribution in [0.1, 0.15) is 6.92 Å². The molecule has 2 rings (SSSR count). The van der Waals surface area contributed by atoms with E-state index >= 15 is 0 Å². The van der Waals surface area contributed by atoms with E-state index in [4.69, 9.17) is 4.74 Å². The minimum Gasteiger partial charge on any atom is -0.383 e.